The van der Waals surface area contributed by atoms with E-state index in [-0.39, 0.29) is 0 Å². The van der Waals surface area contributed by atoms with Gasteiger partial charge in [-0.2, -0.15) is 0 Å². The highest BCUT2D eigenvalue weighted by molar-refractivity contribution is 5.98. The Balaban J connectivity index is 2.68. The number of alkyl halides is 1. The average molecular weight is 141 g/mol. The largest absolute Gasteiger partial charge is 0.321 e. The van der Waals surface area contributed by atoms with Crippen LogP contribution in [-0.2, 0) is 4.79 Å². The third kappa shape index (κ3) is 1.14. The van der Waals surface area contributed by atoms with Gasteiger partial charge in [-0.15, -0.1) is 0 Å². The van der Waals surface area contributed by atoms with Crippen molar-refractivity contribution in [1.82, 2.24) is 0 Å². The Morgan fingerprint density at radius 1 is 1.80 bits per heavy atom. The number of halogens is 1. The molecule has 2 N–H and O–H groups in total. The second-order valence-corrected chi connectivity index (χ2v) is 2.09. The molecule has 1 aliphatic carbocycles. The number of carbonyl (C=O) groups is 1. The highest BCUT2D eigenvalue weighted by Gasteiger charge is 2.16. The topological polar surface area (TPSA) is 43.1 Å². The van der Waals surface area contributed by atoms with Crippen LogP contribution in [0.4, 0.5) is 4.39 Å². The van der Waals surface area contributed by atoms with E-state index in [9.17, 15) is 9.18 Å². The molecule has 0 radical (unpaired) electrons. The zero-order valence-electron chi connectivity index (χ0n) is 5.38. The third-order valence-electron chi connectivity index (χ3n) is 1.40. The van der Waals surface area contributed by atoms with Crippen molar-refractivity contribution < 1.29 is 9.18 Å². The molecule has 54 valence electrons. The summed E-state index contributed by atoms with van der Waals surface area (Å²) in [5.41, 5.74) is 5.78. The summed E-state index contributed by atoms with van der Waals surface area (Å²) in [5, 5.41) is 0. The molecule has 0 aromatic carbocycles. The van der Waals surface area contributed by atoms with Gasteiger partial charge in [0.05, 0.1) is 6.04 Å². The van der Waals surface area contributed by atoms with Crippen LogP contribution >= 0.6 is 0 Å². The maximum absolute atomic E-state index is 11.7. The van der Waals surface area contributed by atoms with Crippen molar-refractivity contribution in [1.29, 1.82) is 0 Å². The summed E-state index contributed by atoms with van der Waals surface area (Å²) in [6.07, 6.45) is 4.86. The Morgan fingerprint density at radius 3 is 2.90 bits per heavy atom. The van der Waals surface area contributed by atoms with E-state index in [1.807, 2.05) is 0 Å². The van der Waals surface area contributed by atoms with E-state index < -0.39 is 18.5 Å². The molecule has 2 nitrogen and oxygen atoms in total. The number of Topliss-reactive ketones (excluding diaryl/α,β-unsaturated/α-hetero) is 1. The van der Waals surface area contributed by atoms with Crippen molar-refractivity contribution in [3.05, 3.63) is 23.8 Å². The normalized spacial score (nSPS) is 23.0. The van der Waals surface area contributed by atoms with Gasteiger partial charge in [0.25, 0.3) is 0 Å². The van der Waals surface area contributed by atoms with Crippen LogP contribution in [0.25, 0.3) is 0 Å². The maximum Gasteiger partial charge on any atom is 0.191 e. The number of allylic oxidation sites excluding steroid dienone is 2. The molecule has 0 fully saturated rings. The number of carbonyl (C=O) groups excluding carboxylic acids is 1. The molecule has 0 bridgehead atoms. The Morgan fingerprint density at radius 2 is 2.50 bits per heavy atom. The molecule has 0 aromatic heterocycles. The minimum Gasteiger partial charge on any atom is -0.321 e. The first kappa shape index (κ1) is 7.15. The number of hydrogen-bond donors (Lipinski definition) is 1. The van der Waals surface area contributed by atoms with Crippen molar-refractivity contribution in [2.75, 3.05) is 6.67 Å². The molecule has 0 amide bonds. The third-order valence-corrected chi connectivity index (χ3v) is 1.40. The Labute approximate surface area is 58.2 Å². The van der Waals surface area contributed by atoms with Gasteiger partial charge in [0.15, 0.2) is 12.5 Å². The Kier molecular flexibility index (Phi) is 1.97. The lowest BCUT2D eigenvalue weighted by atomic mass is 10.1. The van der Waals surface area contributed by atoms with Crippen LogP contribution in [0.15, 0.2) is 23.8 Å². The quantitative estimate of drug-likeness (QED) is 0.603. The first-order valence-electron chi connectivity index (χ1n) is 2.99. The van der Waals surface area contributed by atoms with E-state index >= 15 is 0 Å². The van der Waals surface area contributed by atoms with Crippen LogP contribution in [0.2, 0.25) is 0 Å². The van der Waals surface area contributed by atoms with Gasteiger partial charge < -0.3 is 5.73 Å². The molecule has 1 rings (SSSR count). The van der Waals surface area contributed by atoms with Gasteiger partial charge in [0.1, 0.15) is 0 Å². The van der Waals surface area contributed by atoms with Crippen LogP contribution in [0.1, 0.15) is 0 Å². The van der Waals surface area contributed by atoms with Crippen LogP contribution in [0.3, 0.4) is 0 Å². The molecule has 1 aliphatic rings. The first-order chi connectivity index (χ1) is 4.75. The maximum atomic E-state index is 11.7. The lowest BCUT2D eigenvalue weighted by molar-refractivity contribution is -0.116. The Bertz CT molecular complexity index is 208. The Hall–Kier alpha value is -0.960. The van der Waals surface area contributed by atoms with E-state index in [0.717, 1.165) is 0 Å². The molecule has 3 heteroatoms. The summed E-state index contributed by atoms with van der Waals surface area (Å²) in [5.74, 6) is -0.516. The molecule has 0 spiro atoms. The van der Waals surface area contributed by atoms with Crippen molar-refractivity contribution in [3.63, 3.8) is 0 Å². The molecule has 1 unspecified atom stereocenters. The second-order valence-electron chi connectivity index (χ2n) is 2.09. The summed E-state index contributed by atoms with van der Waals surface area (Å²) in [7, 11) is 0. The fourth-order valence-electron chi connectivity index (χ4n) is 0.850. The highest BCUT2D eigenvalue weighted by Crippen LogP contribution is 2.10. The van der Waals surface area contributed by atoms with Gasteiger partial charge >= 0.3 is 0 Å². The van der Waals surface area contributed by atoms with Gasteiger partial charge in [0.2, 0.25) is 0 Å². The minimum atomic E-state index is -0.957. The number of rotatable bonds is 2. The summed E-state index contributed by atoms with van der Waals surface area (Å²) in [6, 6.07) is -0.400. The molecule has 0 aliphatic heterocycles. The SMILES string of the molecule is NC1C=CC=C1C(=O)CF. The summed E-state index contributed by atoms with van der Waals surface area (Å²) in [4.78, 5) is 10.7. The number of nitrogens with two attached hydrogens (primary N) is 1. The summed E-state index contributed by atoms with van der Waals surface area (Å²) >= 11 is 0. The van der Waals surface area contributed by atoms with Gasteiger partial charge in [-0.25, -0.2) is 4.39 Å². The standard InChI is InChI=1S/C7H8FNO/c8-4-7(10)5-2-1-3-6(5)9/h1-3,6H,4,9H2. The van der Waals surface area contributed by atoms with E-state index in [0.29, 0.717) is 5.57 Å². The van der Waals surface area contributed by atoms with Gasteiger partial charge in [0, 0.05) is 5.57 Å². The zero-order chi connectivity index (χ0) is 7.56. The molecular formula is C7H8FNO. The fraction of sp³-hybridized carbons (Fsp3) is 0.286. The van der Waals surface area contributed by atoms with Crippen molar-refractivity contribution in [2.24, 2.45) is 5.73 Å². The van der Waals surface area contributed by atoms with Crippen LogP contribution in [0.5, 0.6) is 0 Å². The van der Waals surface area contributed by atoms with Crippen molar-refractivity contribution in [2.45, 2.75) is 6.04 Å². The van der Waals surface area contributed by atoms with E-state index in [2.05, 4.69) is 0 Å². The van der Waals surface area contributed by atoms with Gasteiger partial charge in [-0.05, 0) is 0 Å². The fourth-order valence-corrected chi connectivity index (χ4v) is 0.850. The number of ketones is 1. The molecule has 0 saturated heterocycles. The molecule has 0 aromatic rings. The van der Waals surface area contributed by atoms with E-state index in [1.165, 1.54) is 0 Å². The van der Waals surface area contributed by atoms with Crippen molar-refractivity contribution >= 4 is 5.78 Å². The lowest BCUT2D eigenvalue weighted by Gasteiger charge is -2.02. The highest BCUT2D eigenvalue weighted by atomic mass is 19.1. The lowest BCUT2D eigenvalue weighted by Crippen LogP contribution is -2.23. The zero-order valence-corrected chi connectivity index (χ0v) is 5.38. The predicted molar refractivity (Wildman–Crippen MR) is 36.2 cm³/mol. The van der Waals surface area contributed by atoms with Gasteiger partial charge in [-0.1, -0.05) is 18.2 Å². The minimum absolute atomic E-state index is 0.363. The average Bonchev–Trinajstić information content (AvgIpc) is 2.34. The second kappa shape index (κ2) is 2.75. The van der Waals surface area contributed by atoms with E-state index in [4.69, 9.17) is 5.73 Å². The molecule has 0 saturated carbocycles. The number of hydrogen-bond acceptors (Lipinski definition) is 2. The van der Waals surface area contributed by atoms with Crippen LogP contribution < -0.4 is 5.73 Å². The van der Waals surface area contributed by atoms with Crippen molar-refractivity contribution in [3.8, 4) is 0 Å². The molecular weight excluding hydrogens is 133 g/mol. The van der Waals surface area contributed by atoms with E-state index in [1.54, 1.807) is 18.2 Å². The summed E-state index contributed by atoms with van der Waals surface area (Å²) in [6.45, 7) is -0.957. The smallest absolute Gasteiger partial charge is 0.191 e. The molecule has 0 heterocycles. The monoisotopic (exact) mass is 141 g/mol. The van der Waals surface area contributed by atoms with Crippen LogP contribution in [-0.4, -0.2) is 18.5 Å². The first-order valence-corrected chi connectivity index (χ1v) is 2.99. The summed E-state index contributed by atoms with van der Waals surface area (Å²) < 4.78 is 11.7. The molecule has 10 heavy (non-hydrogen) atoms. The van der Waals surface area contributed by atoms with Gasteiger partial charge in [-0.3, -0.25) is 4.79 Å². The predicted octanol–water partition coefficient (Wildman–Crippen LogP) is 0.349. The van der Waals surface area contributed by atoms with Crippen LogP contribution in [0, 0.1) is 0 Å². The molecule has 1 atom stereocenters.